The summed E-state index contributed by atoms with van der Waals surface area (Å²) in [5.41, 5.74) is 2.95. The standard InChI is InChI=1S/C24H27N3O4/c1-31-22-9-3-2-7-20(22)25-24(30)27-13-5-12-26(14-15-27)23(29)18-10-11-19-17(16-18)6-4-8-21(19)28/h2-3,7,9-11,16H,4-6,8,12-15H2,1H3,(H,25,30). The molecule has 0 spiro atoms. The number of ether oxygens (including phenoxy) is 1. The summed E-state index contributed by atoms with van der Waals surface area (Å²) >= 11 is 0. The second-order valence-corrected chi connectivity index (χ2v) is 7.91. The molecule has 1 fully saturated rings. The Labute approximate surface area is 182 Å². The molecule has 1 heterocycles. The van der Waals surface area contributed by atoms with Gasteiger partial charge in [0.25, 0.3) is 5.91 Å². The number of carbonyl (C=O) groups is 3. The number of aryl methyl sites for hydroxylation is 1. The van der Waals surface area contributed by atoms with E-state index >= 15 is 0 Å². The fourth-order valence-corrected chi connectivity index (χ4v) is 4.23. The lowest BCUT2D eigenvalue weighted by Gasteiger charge is -2.23. The molecule has 4 rings (SSSR count). The van der Waals surface area contributed by atoms with Gasteiger partial charge in [0.1, 0.15) is 5.75 Å². The highest BCUT2D eigenvalue weighted by atomic mass is 16.5. The first kappa shape index (κ1) is 20.9. The minimum Gasteiger partial charge on any atom is -0.495 e. The van der Waals surface area contributed by atoms with Crippen LogP contribution in [0.1, 0.15) is 45.5 Å². The van der Waals surface area contributed by atoms with E-state index in [9.17, 15) is 14.4 Å². The number of rotatable bonds is 3. The molecule has 0 radical (unpaired) electrons. The molecule has 31 heavy (non-hydrogen) atoms. The van der Waals surface area contributed by atoms with Crippen LogP contribution in [0.25, 0.3) is 0 Å². The number of hydrogen-bond donors (Lipinski definition) is 1. The van der Waals surface area contributed by atoms with E-state index in [4.69, 9.17) is 4.74 Å². The number of hydrogen-bond acceptors (Lipinski definition) is 4. The number of para-hydroxylation sites is 2. The number of carbonyl (C=O) groups excluding carboxylic acids is 3. The number of benzene rings is 2. The molecule has 2 aliphatic rings. The molecule has 0 bridgehead atoms. The van der Waals surface area contributed by atoms with Crippen molar-refractivity contribution in [2.75, 3.05) is 38.6 Å². The van der Waals surface area contributed by atoms with E-state index in [1.54, 1.807) is 41.2 Å². The largest absolute Gasteiger partial charge is 0.495 e. The number of anilines is 1. The van der Waals surface area contributed by atoms with Crippen LogP contribution in [0, 0.1) is 0 Å². The normalized spacial score (nSPS) is 16.4. The van der Waals surface area contributed by atoms with E-state index in [2.05, 4.69) is 5.32 Å². The van der Waals surface area contributed by atoms with Gasteiger partial charge < -0.3 is 19.9 Å². The summed E-state index contributed by atoms with van der Waals surface area (Å²) in [4.78, 5) is 41.4. The molecular formula is C24H27N3O4. The minimum absolute atomic E-state index is 0.0483. The summed E-state index contributed by atoms with van der Waals surface area (Å²) < 4.78 is 5.29. The molecule has 2 aromatic rings. The van der Waals surface area contributed by atoms with Gasteiger partial charge in [-0.2, -0.15) is 0 Å². The molecular weight excluding hydrogens is 394 g/mol. The van der Waals surface area contributed by atoms with Crippen molar-refractivity contribution in [2.45, 2.75) is 25.7 Å². The van der Waals surface area contributed by atoms with E-state index < -0.39 is 0 Å². The van der Waals surface area contributed by atoms with Crippen molar-refractivity contribution in [3.05, 3.63) is 59.2 Å². The highest BCUT2D eigenvalue weighted by Crippen LogP contribution is 2.25. The van der Waals surface area contributed by atoms with Gasteiger partial charge in [-0.05, 0) is 49.1 Å². The van der Waals surface area contributed by atoms with Crippen molar-refractivity contribution >= 4 is 23.4 Å². The van der Waals surface area contributed by atoms with Gasteiger partial charge in [-0.15, -0.1) is 0 Å². The monoisotopic (exact) mass is 421 g/mol. The summed E-state index contributed by atoms with van der Waals surface area (Å²) in [5.74, 6) is 0.716. The molecule has 1 aliphatic carbocycles. The van der Waals surface area contributed by atoms with Crippen LogP contribution in [0.15, 0.2) is 42.5 Å². The second kappa shape index (κ2) is 9.20. The SMILES string of the molecule is COc1ccccc1NC(=O)N1CCCN(C(=O)c2ccc3c(c2)CCCC3=O)CC1. The number of amides is 3. The van der Waals surface area contributed by atoms with E-state index in [1.165, 1.54) is 0 Å². The maximum Gasteiger partial charge on any atom is 0.322 e. The van der Waals surface area contributed by atoms with Crippen LogP contribution in [0.4, 0.5) is 10.5 Å². The lowest BCUT2D eigenvalue weighted by molar-refractivity contribution is 0.0762. The van der Waals surface area contributed by atoms with Crippen LogP contribution in [0.5, 0.6) is 5.75 Å². The van der Waals surface area contributed by atoms with Gasteiger partial charge in [0.05, 0.1) is 12.8 Å². The van der Waals surface area contributed by atoms with E-state index in [0.29, 0.717) is 56.0 Å². The molecule has 7 heteroatoms. The number of nitrogens with zero attached hydrogens (tertiary/aromatic N) is 2. The quantitative estimate of drug-likeness (QED) is 0.821. The Morgan fingerprint density at radius 1 is 0.935 bits per heavy atom. The zero-order chi connectivity index (χ0) is 21.8. The van der Waals surface area contributed by atoms with Crippen molar-refractivity contribution in [1.29, 1.82) is 0 Å². The zero-order valence-corrected chi connectivity index (χ0v) is 17.7. The van der Waals surface area contributed by atoms with Gasteiger partial charge in [0.2, 0.25) is 0 Å². The van der Waals surface area contributed by atoms with Gasteiger partial charge in [-0.3, -0.25) is 9.59 Å². The third-order valence-electron chi connectivity index (χ3n) is 5.92. The Morgan fingerprint density at radius 2 is 1.71 bits per heavy atom. The first-order chi connectivity index (χ1) is 15.1. The first-order valence-corrected chi connectivity index (χ1v) is 10.7. The van der Waals surface area contributed by atoms with Crippen molar-refractivity contribution in [2.24, 2.45) is 0 Å². The van der Waals surface area contributed by atoms with E-state index in [1.807, 2.05) is 18.2 Å². The topological polar surface area (TPSA) is 79.0 Å². The predicted octanol–water partition coefficient (Wildman–Crippen LogP) is 3.59. The summed E-state index contributed by atoms with van der Waals surface area (Å²) in [6.45, 7) is 2.08. The number of Topliss-reactive ketones (excluding diaryl/α,β-unsaturated/α-hetero) is 1. The Balaban J connectivity index is 1.40. The highest BCUT2D eigenvalue weighted by molar-refractivity contribution is 6.01. The fraction of sp³-hybridized carbons (Fsp3) is 0.375. The minimum atomic E-state index is -0.203. The molecule has 1 N–H and O–H groups in total. The third kappa shape index (κ3) is 4.55. The van der Waals surface area contributed by atoms with E-state index in [0.717, 1.165) is 24.0 Å². The number of urea groups is 1. The molecule has 7 nitrogen and oxygen atoms in total. The lowest BCUT2D eigenvalue weighted by atomic mass is 9.89. The Kier molecular flexibility index (Phi) is 6.21. The van der Waals surface area contributed by atoms with Crippen LogP contribution in [0.3, 0.4) is 0 Å². The van der Waals surface area contributed by atoms with Gasteiger partial charge in [0, 0.05) is 43.7 Å². The van der Waals surface area contributed by atoms with E-state index in [-0.39, 0.29) is 17.7 Å². The average Bonchev–Trinajstić information content (AvgIpc) is 3.05. The molecule has 0 atom stereocenters. The maximum absolute atomic E-state index is 13.1. The van der Waals surface area contributed by atoms with Crippen molar-refractivity contribution in [3.8, 4) is 5.75 Å². The smallest absolute Gasteiger partial charge is 0.322 e. The lowest BCUT2D eigenvalue weighted by Crippen LogP contribution is -2.39. The Bertz CT molecular complexity index is 1000. The molecule has 2 aromatic carbocycles. The number of methoxy groups -OCH3 is 1. The number of nitrogens with one attached hydrogen (secondary N) is 1. The van der Waals surface area contributed by atoms with Gasteiger partial charge in [-0.25, -0.2) is 4.79 Å². The molecule has 1 saturated heterocycles. The summed E-state index contributed by atoms with van der Waals surface area (Å²) in [7, 11) is 1.57. The summed E-state index contributed by atoms with van der Waals surface area (Å²) in [5, 5.41) is 2.90. The van der Waals surface area contributed by atoms with Gasteiger partial charge >= 0.3 is 6.03 Å². The van der Waals surface area contributed by atoms with Gasteiger partial charge in [-0.1, -0.05) is 18.2 Å². The molecule has 162 valence electrons. The number of fused-ring (bicyclic) bond motifs is 1. The van der Waals surface area contributed by atoms with Crippen LogP contribution >= 0.6 is 0 Å². The van der Waals surface area contributed by atoms with Crippen molar-refractivity contribution in [1.82, 2.24) is 9.80 Å². The van der Waals surface area contributed by atoms with Crippen molar-refractivity contribution < 1.29 is 19.1 Å². The molecule has 0 unspecified atom stereocenters. The summed E-state index contributed by atoms with van der Waals surface area (Å²) in [6, 6.07) is 12.5. The number of ketones is 1. The van der Waals surface area contributed by atoms with Crippen LogP contribution < -0.4 is 10.1 Å². The zero-order valence-electron chi connectivity index (χ0n) is 17.7. The van der Waals surface area contributed by atoms with Crippen LogP contribution in [-0.4, -0.2) is 60.8 Å². The fourth-order valence-electron chi connectivity index (χ4n) is 4.23. The predicted molar refractivity (Wildman–Crippen MR) is 118 cm³/mol. The third-order valence-corrected chi connectivity index (χ3v) is 5.92. The Hall–Kier alpha value is -3.35. The van der Waals surface area contributed by atoms with Gasteiger partial charge in [0.15, 0.2) is 5.78 Å². The second-order valence-electron chi connectivity index (χ2n) is 7.91. The van der Waals surface area contributed by atoms with Crippen LogP contribution in [-0.2, 0) is 6.42 Å². The highest BCUT2D eigenvalue weighted by Gasteiger charge is 2.25. The molecule has 0 aromatic heterocycles. The first-order valence-electron chi connectivity index (χ1n) is 10.7. The summed E-state index contributed by atoms with van der Waals surface area (Å²) in [6.07, 6.45) is 2.95. The van der Waals surface area contributed by atoms with Crippen LogP contribution in [0.2, 0.25) is 0 Å². The molecule has 0 saturated carbocycles. The maximum atomic E-state index is 13.1. The van der Waals surface area contributed by atoms with Crippen molar-refractivity contribution in [3.63, 3.8) is 0 Å². The molecule has 1 aliphatic heterocycles. The molecule has 3 amide bonds. The average molecular weight is 421 g/mol. The Morgan fingerprint density at radius 3 is 2.55 bits per heavy atom.